The molecule has 176 valence electrons. The quantitative estimate of drug-likeness (QED) is 0.308. The Hall–Kier alpha value is -2.58. The summed E-state index contributed by atoms with van der Waals surface area (Å²) in [6.45, 7) is 3.29. The molecular weight excluding hydrogens is 490 g/mol. The fourth-order valence-electron chi connectivity index (χ4n) is 3.89. The molecule has 0 saturated carbocycles. The number of aromatic amines is 1. The summed E-state index contributed by atoms with van der Waals surface area (Å²) in [4.78, 5) is 64.2. The molecule has 0 aliphatic carbocycles. The number of rotatable bonds is 7. The van der Waals surface area contributed by atoms with E-state index in [1.165, 1.54) is 44.4 Å². The largest absolute Gasteiger partial charge is 0.481 e. The number of amides is 2. The van der Waals surface area contributed by atoms with Crippen LogP contribution in [0.15, 0.2) is 32.3 Å². The fraction of sp³-hybridized carbons (Fsp3) is 0.474. The molecule has 33 heavy (non-hydrogen) atoms. The zero-order chi connectivity index (χ0) is 23.9. The molecule has 4 rings (SSSR count). The van der Waals surface area contributed by atoms with E-state index in [1.807, 2.05) is 5.38 Å². The monoisotopic (exact) mass is 511 g/mol. The molecule has 0 bridgehead atoms. The van der Waals surface area contributed by atoms with Crippen LogP contribution in [0.2, 0.25) is 0 Å². The van der Waals surface area contributed by atoms with Crippen LogP contribution in [0.5, 0.6) is 0 Å². The summed E-state index contributed by atoms with van der Waals surface area (Å²) in [7, 11) is 0. The van der Waals surface area contributed by atoms with Gasteiger partial charge in [0.25, 0.3) is 0 Å². The van der Waals surface area contributed by atoms with E-state index in [2.05, 4.69) is 10.2 Å². The molecule has 11 nitrogen and oxygen atoms in total. The van der Waals surface area contributed by atoms with E-state index in [9.17, 15) is 29.1 Å². The highest BCUT2D eigenvalue weighted by Gasteiger charge is 2.59. The molecule has 2 unspecified atom stereocenters. The molecule has 2 fully saturated rings. The van der Waals surface area contributed by atoms with E-state index in [1.54, 1.807) is 19.1 Å². The first kappa shape index (κ1) is 23.6. The molecule has 2 amide bonds. The molecule has 0 aromatic carbocycles. The van der Waals surface area contributed by atoms with Gasteiger partial charge in [-0.05, 0) is 24.4 Å². The Kier molecular flexibility index (Phi) is 6.42. The lowest BCUT2D eigenvalue weighted by Crippen LogP contribution is -2.74. The Morgan fingerprint density at radius 3 is 2.76 bits per heavy atom. The number of thioether (sulfide) groups is 2. The molecule has 2 aromatic rings. The lowest BCUT2D eigenvalue weighted by atomic mass is 9.89. The van der Waals surface area contributed by atoms with Crippen molar-refractivity contribution in [3.05, 3.63) is 38.2 Å². The van der Waals surface area contributed by atoms with Crippen molar-refractivity contribution >= 4 is 57.6 Å². The zero-order valence-electron chi connectivity index (χ0n) is 17.7. The van der Waals surface area contributed by atoms with E-state index < -0.39 is 28.5 Å². The summed E-state index contributed by atoms with van der Waals surface area (Å²) in [5.41, 5.74) is -2.87. The molecule has 14 heteroatoms. The molecule has 3 atom stereocenters. The van der Waals surface area contributed by atoms with Gasteiger partial charge in [-0.15, -0.1) is 28.2 Å². The van der Waals surface area contributed by atoms with Crippen LogP contribution in [-0.2, 0) is 20.9 Å². The standard InChI is InChI=1S/C19H21N5O6S3/c1-3-22-15(28)13(26)20-21-18(22)33-9-19(17(29)30)7-23-14(27)12(16(23)32-8-19)24(10(2)25)11-5-4-6-31-11/h4-6,12,16H,3,7-9H2,1-2H3,(H,20,26)(H,29,30)/t12?,16-,19?/m1/s1. The van der Waals surface area contributed by atoms with Crippen molar-refractivity contribution in [2.75, 3.05) is 23.0 Å². The number of carboxylic acid groups (broad SMARTS) is 1. The van der Waals surface area contributed by atoms with Gasteiger partial charge in [0.15, 0.2) is 5.16 Å². The molecule has 4 heterocycles. The minimum atomic E-state index is -1.27. The third kappa shape index (κ3) is 3.99. The van der Waals surface area contributed by atoms with Crippen molar-refractivity contribution < 1.29 is 19.5 Å². The summed E-state index contributed by atoms with van der Waals surface area (Å²) >= 11 is 3.74. The first-order valence-electron chi connectivity index (χ1n) is 10.0. The first-order chi connectivity index (χ1) is 15.7. The van der Waals surface area contributed by atoms with E-state index in [0.29, 0.717) is 5.00 Å². The number of fused-ring (bicyclic) bond motifs is 1. The van der Waals surface area contributed by atoms with Gasteiger partial charge in [-0.1, -0.05) is 11.8 Å². The van der Waals surface area contributed by atoms with Crippen molar-refractivity contribution in [1.82, 2.24) is 19.7 Å². The number of carbonyl (C=O) groups excluding carboxylic acids is 2. The molecule has 0 spiro atoms. The van der Waals surface area contributed by atoms with Gasteiger partial charge in [0, 0.05) is 31.5 Å². The van der Waals surface area contributed by atoms with E-state index in [0.717, 1.165) is 11.8 Å². The average molecular weight is 512 g/mol. The number of thiophene rings is 1. The Morgan fingerprint density at radius 1 is 1.39 bits per heavy atom. The molecule has 2 aliphatic rings. The number of hydrogen-bond acceptors (Lipinski definition) is 9. The molecule has 2 saturated heterocycles. The summed E-state index contributed by atoms with van der Waals surface area (Å²) in [6, 6.07) is 2.91. The van der Waals surface area contributed by atoms with Crippen molar-refractivity contribution in [2.45, 2.75) is 37.0 Å². The van der Waals surface area contributed by atoms with Crippen LogP contribution in [0, 0.1) is 5.41 Å². The molecule has 2 N–H and O–H groups in total. The predicted octanol–water partition coefficient (Wildman–Crippen LogP) is 0.513. The number of aromatic nitrogens is 3. The second-order valence-electron chi connectivity index (χ2n) is 7.71. The highest BCUT2D eigenvalue weighted by molar-refractivity contribution is 8.00. The number of nitrogens with one attached hydrogen (secondary N) is 1. The first-order valence-corrected chi connectivity index (χ1v) is 12.9. The summed E-state index contributed by atoms with van der Waals surface area (Å²) in [6.07, 6.45) is 0. The molecule has 2 aromatic heterocycles. The van der Waals surface area contributed by atoms with Crippen LogP contribution < -0.4 is 16.0 Å². The van der Waals surface area contributed by atoms with Gasteiger partial charge in [-0.25, -0.2) is 5.10 Å². The second-order valence-corrected chi connectivity index (χ2v) is 10.7. The number of nitrogens with zero attached hydrogens (tertiary/aromatic N) is 4. The number of carbonyl (C=O) groups is 3. The molecule has 0 radical (unpaired) electrons. The molecule has 2 aliphatic heterocycles. The summed E-state index contributed by atoms with van der Waals surface area (Å²) in [5.74, 6) is -1.33. The Labute approximate surface area is 200 Å². The second kappa shape index (κ2) is 8.99. The highest BCUT2D eigenvalue weighted by atomic mass is 32.2. The lowest BCUT2D eigenvalue weighted by Gasteiger charge is -2.55. The van der Waals surface area contributed by atoms with Crippen LogP contribution in [0.3, 0.4) is 0 Å². The summed E-state index contributed by atoms with van der Waals surface area (Å²) < 4.78 is 1.19. The van der Waals surface area contributed by atoms with Gasteiger partial charge in [0.05, 0.1) is 5.00 Å². The zero-order valence-corrected chi connectivity index (χ0v) is 20.2. The maximum atomic E-state index is 13.0. The number of β-lactam (4-membered cyclic amide) rings is 1. The number of aliphatic carboxylic acids is 1. The van der Waals surface area contributed by atoms with Crippen LogP contribution in [0.4, 0.5) is 5.00 Å². The summed E-state index contributed by atoms with van der Waals surface area (Å²) in [5, 5.41) is 18.5. The number of hydrogen-bond donors (Lipinski definition) is 2. The topological polar surface area (TPSA) is 146 Å². The van der Waals surface area contributed by atoms with Crippen LogP contribution in [-0.4, -0.2) is 72.0 Å². The van der Waals surface area contributed by atoms with E-state index >= 15 is 0 Å². The van der Waals surface area contributed by atoms with Crippen LogP contribution in [0.1, 0.15) is 13.8 Å². The van der Waals surface area contributed by atoms with Gasteiger partial charge in [0.1, 0.15) is 16.8 Å². The maximum Gasteiger partial charge on any atom is 0.330 e. The minimum Gasteiger partial charge on any atom is -0.481 e. The number of anilines is 1. The predicted molar refractivity (Wildman–Crippen MR) is 125 cm³/mol. The van der Waals surface area contributed by atoms with Gasteiger partial charge in [-0.2, -0.15) is 0 Å². The smallest absolute Gasteiger partial charge is 0.330 e. The van der Waals surface area contributed by atoms with Crippen molar-refractivity contribution in [3.63, 3.8) is 0 Å². The Balaban J connectivity index is 1.54. The Bertz CT molecular complexity index is 1210. The number of carboxylic acids is 1. The van der Waals surface area contributed by atoms with Crippen molar-refractivity contribution in [3.8, 4) is 0 Å². The third-order valence-electron chi connectivity index (χ3n) is 5.65. The van der Waals surface area contributed by atoms with Crippen molar-refractivity contribution in [1.29, 1.82) is 0 Å². The molecular formula is C19H21N5O6S3. The highest BCUT2D eigenvalue weighted by Crippen LogP contribution is 2.46. The number of H-pyrrole nitrogens is 1. The van der Waals surface area contributed by atoms with Gasteiger partial charge in [0.2, 0.25) is 11.8 Å². The van der Waals surface area contributed by atoms with Gasteiger partial charge < -0.3 is 10.0 Å². The van der Waals surface area contributed by atoms with Crippen molar-refractivity contribution in [2.24, 2.45) is 5.41 Å². The van der Waals surface area contributed by atoms with Gasteiger partial charge in [-0.3, -0.25) is 33.4 Å². The van der Waals surface area contributed by atoms with E-state index in [4.69, 9.17) is 0 Å². The Morgan fingerprint density at radius 2 is 2.15 bits per heavy atom. The lowest BCUT2D eigenvalue weighted by molar-refractivity contribution is -0.156. The van der Waals surface area contributed by atoms with Crippen LogP contribution >= 0.6 is 34.9 Å². The fourth-order valence-corrected chi connectivity index (χ4v) is 7.61. The van der Waals surface area contributed by atoms with Crippen LogP contribution in [0.25, 0.3) is 0 Å². The SMILES string of the molecule is CCn1c(SCC2(C(=O)O)CS[C@@H]3C(N(C(C)=O)c4cccs4)C(=O)N3C2)n[nH]c(=O)c1=O. The van der Waals surface area contributed by atoms with E-state index in [-0.39, 0.29) is 46.9 Å². The third-order valence-corrected chi connectivity index (χ3v) is 9.36. The normalized spacial score (nSPS) is 24.2. The van der Waals surface area contributed by atoms with Gasteiger partial charge >= 0.3 is 17.1 Å². The minimum absolute atomic E-state index is 0.0156. The maximum absolute atomic E-state index is 13.0. The average Bonchev–Trinajstić information content (AvgIpc) is 3.31.